The maximum Gasteiger partial charge on any atom is 0.0786 e. The van der Waals surface area contributed by atoms with Crippen LogP contribution in [0.1, 0.15) is 99.8 Å². The molecular weight excluding hydrogens is 468 g/mol. The minimum atomic E-state index is -1.52. The largest absolute Gasteiger partial charge is 0.324 e. The summed E-state index contributed by atoms with van der Waals surface area (Å²) in [5.74, 6) is 0. The first-order valence-corrected chi connectivity index (χ1v) is 17.3. The number of hydrogen-bond acceptors (Lipinski definition) is 1. The van der Waals surface area contributed by atoms with E-state index in [1.807, 2.05) is 6.07 Å². The maximum atomic E-state index is 5.70. The molecule has 0 fully saturated rings. The molecule has 176 valence electrons. The number of unbranched alkanes of at least 4 members (excludes halogenated alkanes) is 4. The summed E-state index contributed by atoms with van der Waals surface area (Å²) >= 11 is 8.94. The van der Waals surface area contributed by atoms with Crippen molar-refractivity contribution in [2.24, 2.45) is 0 Å². The third-order valence-electron chi connectivity index (χ3n) is 5.92. The average molecular weight is 519 g/mol. The predicted molar refractivity (Wildman–Crippen MR) is 145 cm³/mol. The minimum absolute atomic E-state index is 0.170. The molecule has 0 aliphatic rings. The summed E-state index contributed by atoms with van der Waals surface area (Å²) in [4.78, 5) is 0. The average Bonchev–Trinajstić information content (AvgIpc) is 2.73. The van der Waals surface area contributed by atoms with Gasteiger partial charge in [-0.1, -0.05) is 53.4 Å². The van der Waals surface area contributed by atoms with Gasteiger partial charge in [-0.3, -0.25) is 0 Å². The van der Waals surface area contributed by atoms with Crippen molar-refractivity contribution in [3.63, 3.8) is 0 Å². The predicted octanol–water partition coefficient (Wildman–Crippen LogP) is 7.68. The van der Waals surface area contributed by atoms with Crippen molar-refractivity contribution in [1.29, 1.82) is 0 Å². The van der Waals surface area contributed by atoms with Gasteiger partial charge in [0.1, 0.15) is 0 Å². The van der Waals surface area contributed by atoms with Gasteiger partial charge >= 0.3 is 93.6 Å². The van der Waals surface area contributed by atoms with Crippen molar-refractivity contribution in [1.82, 2.24) is 0 Å². The number of quaternary nitrogens is 1. The van der Waals surface area contributed by atoms with Crippen molar-refractivity contribution in [3.8, 4) is 0 Å². The molecule has 0 spiro atoms. The molecule has 1 unspecified atom stereocenters. The molecule has 1 aromatic carbocycles. The van der Waals surface area contributed by atoms with Crippen LogP contribution in [0.3, 0.4) is 0 Å². The van der Waals surface area contributed by atoms with Crippen molar-refractivity contribution in [2.45, 2.75) is 105 Å². The Morgan fingerprint density at radius 2 is 1.07 bits per heavy atom. The van der Waals surface area contributed by atoms with Crippen molar-refractivity contribution in [3.05, 3.63) is 30.3 Å². The first-order chi connectivity index (χ1) is 14.1. The molecule has 0 aromatic heterocycles. The number of rotatable bonds is 13. The van der Waals surface area contributed by atoms with E-state index in [1.54, 1.807) is 0 Å². The molecule has 1 atom stereocenters. The van der Waals surface area contributed by atoms with Gasteiger partial charge in [0.25, 0.3) is 0 Å². The maximum absolute atomic E-state index is 5.70. The molecule has 1 aromatic rings. The van der Waals surface area contributed by atoms with E-state index in [0.717, 1.165) is 0 Å². The summed E-state index contributed by atoms with van der Waals surface area (Å²) in [5.41, 5.74) is 0. The van der Waals surface area contributed by atoms with Gasteiger partial charge in [0.05, 0.1) is 26.2 Å². The van der Waals surface area contributed by atoms with Crippen LogP contribution in [0.25, 0.3) is 0 Å². The van der Waals surface area contributed by atoms with Crippen LogP contribution >= 0.6 is 4.71 Å². The van der Waals surface area contributed by atoms with E-state index in [-0.39, 0.29) is 5.16 Å². The third kappa shape index (κ3) is 11.4. The van der Waals surface area contributed by atoms with E-state index in [0.29, 0.717) is 0 Å². The van der Waals surface area contributed by atoms with Crippen molar-refractivity contribution in [2.75, 3.05) is 26.2 Å². The van der Waals surface area contributed by atoms with Gasteiger partial charge in [-0.2, -0.15) is 0 Å². The molecule has 0 aliphatic carbocycles. The first kappa shape index (κ1) is 30.5. The Morgan fingerprint density at radius 3 is 1.33 bits per heavy atom. The fourth-order valence-corrected chi connectivity index (χ4v) is 6.13. The van der Waals surface area contributed by atoms with Gasteiger partial charge in [0, 0.05) is 0 Å². The fraction of sp³-hybridized carbons (Fsp3) is 0.769. The quantitative estimate of drug-likeness (QED) is 0.112. The smallest absolute Gasteiger partial charge is 0.0786 e. The summed E-state index contributed by atoms with van der Waals surface area (Å²) in [6, 6.07) is 10.4. The summed E-state index contributed by atoms with van der Waals surface area (Å²) in [6.45, 7) is 21.6. The normalized spacial score (nSPS) is 14.0. The molecule has 1 nitrogen and oxygen atoms in total. The molecule has 0 aliphatic heterocycles. The molecule has 4 heteroatoms. The Balaban J connectivity index is 0.000000579. The van der Waals surface area contributed by atoms with Gasteiger partial charge in [-0.25, -0.2) is 0 Å². The summed E-state index contributed by atoms with van der Waals surface area (Å²) < 4.78 is -0.100. The topological polar surface area (TPSA) is 0 Å². The Bertz CT molecular complexity index is 545. The molecule has 0 saturated heterocycles. The molecule has 30 heavy (non-hydrogen) atoms. The van der Waals surface area contributed by atoms with E-state index < -0.39 is 4.71 Å². The standard InChI is InChI=1S/C16H36N.C10H15PSSe/c1-5-9-13-17(14-10-6-2,15-11-7-3)16-12-8-4;1-10(2,3)11(12,13)9-7-5-4-6-8-9/h5-16H2,1-4H3;4-8H,1-3H3,(H,12,13)/q+1;/p-1. The van der Waals surface area contributed by atoms with E-state index in [1.165, 1.54) is 87.3 Å². The Morgan fingerprint density at radius 1 is 0.733 bits per heavy atom. The van der Waals surface area contributed by atoms with E-state index in [4.69, 9.17) is 12.2 Å². The first-order valence-electron chi connectivity index (χ1n) is 12.3. The van der Waals surface area contributed by atoms with Gasteiger partial charge in [0.2, 0.25) is 0 Å². The molecule has 0 amide bonds. The van der Waals surface area contributed by atoms with Gasteiger partial charge in [0.15, 0.2) is 0 Å². The second kappa shape index (κ2) is 16.1. The van der Waals surface area contributed by atoms with Crippen LogP contribution in [0.15, 0.2) is 30.3 Å². The van der Waals surface area contributed by atoms with Crippen LogP contribution < -0.4 is 5.30 Å². The number of hydrogen-bond donors (Lipinski definition) is 0. The fourth-order valence-electron chi connectivity index (χ4n) is 3.66. The number of nitrogens with zero attached hydrogens (tertiary/aromatic N) is 1. The number of benzene rings is 1. The van der Waals surface area contributed by atoms with Gasteiger partial charge < -0.3 is 4.48 Å². The summed E-state index contributed by atoms with van der Waals surface area (Å²) in [6.07, 6.45) is 11.1. The van der Waals surface area contributed by atoms with Gasteiger partial charge in [-0.05, 0) is 25.7 Å². The Labute approximate surface area is 202 Å². The zero-order valence-corrected chi connectivity index (χ0v) is 24.5. The van der Waals surface area contributed by atoms with Crippen molar-refractivity contribution >= 4 is 37.4 Å². The Kier molecular flexibility index (Phi) is 16.4. The second-order valence-electron chi connectivity index (χ2n) is 9.71. The van der Waals surface area contributed by atoms with Crippen LogP contribution in [0.5, 0.6) is 0 Å². The minimum Gasteiger partial charge on any atom is -0.324 e. The van der Waals surface area contributed by atoms with Gasteiger partial charge in [-0.15, -0.1) is 0 Å². The zero-order valence-electron chi connectivity index (χ0n) is 21.1. The van der Waals surface area contributed by atoms with Crippen LogP contribution in [0, 0.1) is 0 Å². The van der Waals surface area contributed by atoms with E-state index in [2.05, 4.69) is 87.8 Å². The molecule has 0 saturated carbocycles. The second-order valence-corrected chi connectivity index (χ2v) is 19.3. The summed E-state index contributed by atoms with van der Waals surface area (Å²) in [7, 11) is 0. The van der Waals surface area contributed by atoms with E-state index >= 15 is 0 Å². The third-order valence-corrected chi connectivity index (χ3v) is 15.7. The molecule has 0 bridgehead atoms. The van der Waals surface area contributed by atoms with Crippen LogP contribution in [0.4, 0.5) is 0 Å². The molecule has 0 radical (unpaired) electrons. The Hall–Kier alpha value is 0.479. The SMILES string of the molecule is CC(C)(C)P([S-])(=[Se])c1ccccc1.CCCC[N+](CCCC)(CCCC)CCCC. The zero-order chi connectivity index (χ0) is 23.1. The van der Waals surface area contributed by atoms with Crippen LogP contribution in [0.2, 0.25) is 0 Å². The van der Waals surface area contributed by atoms with Crippen LogP contribution in [-0.2, 0) is 12.2 Å². The molecule has 0 N–H and O–H groups in total. The molecule has 0 heterocycles. The van der Waals surface area contributed by atoms with Crippen molar-refractivity contribution < 1.29 is 4.48 Å². The van der Waals surface area contributed by atoms with Crippen LogP contribution in [-0.4, -0.2) is 50.9 Å². The summed E-state index contributed by atoms with van der Waals surface area (Å²) in [5, 5.41) is 1.46. The molecular formula is C26H50NPSSe. The molecule has 1 rings (SSSR count). The monoisotopic (exact) mass is 519 g/mol. The van der Waals surface area contributed by atoms with E-state index in [9.17, 15) is 0 Å².